The maximum Gasteiger partial charge on any atom is 0.243 e. The highest BCUT2D eigenvalue weighted by Crippen LogP contribution is 2.19. The van der Waals surface area contributed by atoms with Gasteiger partial charge in [0, 0.05) is 6.54 Å². The molecule has 0 radical (unpaired) electrons. The molecule has 142 valence electrons. The Morgan fingerprint density at radius 1 is 1.20 bits per heavy atom. The molecule has 0 aromatic heterocycles. The van der Waals surface area contributed by atoms with Gasteiger partial charge in [-0.15, -0.1) is 0 Å². The first-order valence-electron chi connectivity index (χ1n) is 8.56. The van der Waals surface area contributed by atoms with Crippen LogP contribution in [0.3, 0.4) is 0 Å². The molecule has 9 nitrogen and oxygen atoms in total. The van der Waals surface area contributed by atoms with E-state index < -0.39 is 29.9 Å². The molecule has 1 saturated heterocycles. The lowest BCUT2D eigenvalue weighted by Crippen LogP contribution is -2.55. The van der Waals surface area contributed by atoms with Crippen molar-refractivity contribution < 1.29 is 19.2 Å². The highest BCUT2D eigenvalue weighted by Gasteiger charge is 2.36. The van der Waals surface area contributed by atoms with Crippen LogP contribution in [-0.4, -0.2) is 59.7 Å². The van der Waals surface area contributed by atoms with Gasteiger partial charge in [0.2, 0.25) is 23.6 Å². The Labute approximate surface area is 147 Å². The van der Waals surface area contributed by atoms with Crippen molar-refractivity contribution in [2.24, 2.45) is 17.4 Å². The second kappa shape index (κ2) is 9.36. The van der Waals surface area contributed by atoms with E-state index in [1.54, 1.807) is 6.92 Å². The van der Waals surface area contributed by atoms with Gasteiger partial charge in [-0.25, -0.2) is 0 Å². The monoisotopic (exact) mass is 355 g/mol. The van der Waals surface area contributed by atoms with Crippen LogP contribution in [0.1, 0.15) is 40.0 Å². The van der Waals surface area contributed by atoms with E-state index in [-0.39, 0.29) is 24.3 Å². The summed E-state index contributed by atoms with van der Waals surface area (Å²) in [7, 11) is 0. The molecular weight excluding hydrogens is 326 g/mol. The maximum absolute atomic E-state index is 12.6. The van der Waals surface area contributed by atoms with Crippen LogP contribution < -0.4 is 22.1 Å². The number of rotatable bonds is 8. The second-order valence-electron chi connectivity index (χ2n) is 6.85. The van der Waals surface area contributed by atoms with Crippen molar-refractivity contribution in [3.63, 3.8) is 0 Å². The average molecular weight is 355 g/mol. The normalized spacial score (nSPS) is 19.4. The first kappa shape index (κ1) is 20.9. The summed E-state index contributed by atoms with van der Waals surface area (Å²) in [6, 6.07) is -2.10. The highest BCUT2D eigenvalue weighted by molar-refractivity contribution is 5.94. The minimum Gasteiger partial charge on any atom is -0.368 e. The van der Waals surface area contributed by atoms with Crippen LogP contribution in [0.25, 0.3) is 0 Å². The topological polar surface area (TPSA) is 148 Å². The molecule has 0 bridgehead atoms. The fourth-order valence-corrected chi connectivity index (χ4v) is 2.83. The summed E-state index contributed by atoms with van der Waals surface area (Å²) in [5.41, 5.74) is 10.7. The molecule has 0 spiro atoms. The van der Waals surface area contributed by atoms with E-state index in [2.05, 4.69) is 10.6 Å². The van der Waals surface area contributed by atoms with E-state index in [4.69, 9.17) is 11.5 Å². The molecule has 9 heteroatoms. The van der Waals surface area contributed by atoms with E-state index in [9.17, 15) is 19.2 Å². The second-order valence-corrected chi connectivity index (χ2v) is 6.85. The third-order valence-corrected chi connectivity index (χ3v) is 4.00. The highest BCUT2D eigenvalue weighted by atomic mass is 16.2. The van der Waals surface area contributed by atoms with Crippen LogP contribution in [0.5, 0.6) is 0 Å². The molecule has 0 saturated carbocycles. The van der Waals surface area contributed by atoms with Crippen LogP contribution >= 0.6 is 0 Å². The predicted molar refractivity (Wildman–Crippen MR) is 92.0 cm³/mol. The van der Waals surface area contributed by atoms with E-state index in [0.29, 0.717) is 25.8 Å². The van der Waals surface area contributed by atoms with E-state index in [0.717, 1.165) is 0 Å². The van der Waals surface area contributed by atoms with Gasteiger partial charge in [0.05, 0.1) is 12.6 Å². The molecule has 25 heavy (non-hydrogen) atoms. The molecule has 1 aliphatic heterocycles. The van der Waals surface area contributed by atoms with Gasteiger partial charge in [0.15, 0.2) is 0 Å². The summed E-state index contributed by atoms with van der Waals surface area (Å²) in [5, 5.41) is 5.11. The van der Waals surface area contributed by atoms with Gasteiger partial charge in [-0.3, -0.25) is 19.2 Å². The Morgan fingerprint density at radius 3 is 2.36 bits per heavy atom. The molecule has 6 N–H and O–H groups in total. The molecular formula is C16H29N5O4. The van der Waals surface area contributed by atoms with E-state index in [1.165, 1.54) is 4.90 Å². The number of amides is 4. The van der Waals surface area contributed by atoms with Gasteiger partial charge in [-0.2, -0.15) is 0 Å². The Hall–Kier alpha value is -2.16. The van der Waals surface area contributed by atoms with Crippen molar-refractivity contribution in [2.45, 2.75) is 58.2 Å². The van der Waals surface area contributed by atoms with Crippen LogP contribution in [0, 0.1) is 5.92 Å². The zero-order valence-electron chi connectivity index (χ0n) is 15.1. The van der Waals surface area contributed by atoms with Crippen LogP contribution in [0.2, 0.25) is 0 Å². The number of likely N-dealkylation sites (tertiary alicyclic amines) is 1. The summed E-state index contributed by atoms with van der Waals surface area (Å²) in [5.74, 6) is -1.64. The standard InChI is InChI=1S/C16H29N5O4/c1-9(2)7-11(14(23)19-8-13(18)22)20-15(24)12-5-4-6-21(12)16(25)10(3)17/h9-12H,4-8,17H2,1-3H3,(H2,18,22)(H,19,23)(H,20,24)/t10-,11-,12+/m0/s1. The van der Waals surface area contributed by atoms with Gasteiger partial charge in [0.1, 0.15) is 12.1 Å². The number of carbonyl (C=O) groups excluding carboxylic acids is 4. The summed E-state index contributed by atoms with van der Waals surface area (Å²) < 4.78 is 0. The molecule has 1 fully saturated rings. The number of hydrogen-bond acceptors (Lipinski definition) is 5. The summed E-state index contributed by atoms with van der Waals surface area (Å²) in [4.78, 5) is 49.2. The number of carbonyl (C=O) groups is 4. The van der Waals surface area contributed by atoms with Gasteiger partial charge in [0.25, 0.3) is 0 Å². The largest absolute Gasteiger partial charge is 0.368 e. The van der Waals surface area contributed by atoms with E-state index in [1.807, 2.05) is 13.8 Å². The smallest absolute Gasteiger partial charge is 0.243 e. The number of hydrogen-bond donors (Lipinski definition) is 4. The van der Waals surface area contributed by atoms with Crippen molar-refractivity contribution >= 4 is 23.6 Å². The molecule has 0 aromatic rings. The lowest BCUT2D eigenvalue weighted by molar-refractivity contribution is -0.140. The third kappa shape index (κ3) is 6.33. The number of nitrogens with zero attached hydrogens (tertiary/aromatic N) is 1. The van der Waals surface area contributed by atoms with Crippen molar-refractivity contribution in [2.75, 3.05) is 13.1 Å². The van der Waals surface area contributed by atoms with Gasteiger partial charge < -0.3 is 27.0 Å². The van der Waals surface area contributed by atoms with Crippen LogP contribution in [0.4, 0.5) is 0 Å². The molecule has 0 aromatic carbocycles. The van der Waals surface area contributed by atoms with Crippen molar-refractivity contribution in [3.8, 4) is 0 Å². The fraction of sp³-hybridized carbons (Fsp3) is 0.750. The van der Waals surface area contributed by atoms with Crippen molar-refractivity contribution in [1.82, 2.24) is 15.5 Å². The summed E-state index contributed by atoms with van der Waals surface area (Å²) >= 11 is 0. The average Bonchev–Trinajstić information content (AvgIpc) is 2.99. The Kier molecular flexibility index (Phi) is 7.82. The lowest BCUT2D eigenvalue weighted by Gasteiger charge is -2.28. The summed E-state index contributed by atoms with van der Waals surface area (Å²) in [6.45, 7) is 5.60. The molecule has 1 heterocycles. The molecule has 3 atom stereocenters. The molecule has 4 amide bonds. The van der Waals surface area contributed by atoms with Crippen molar-refractivity contribution in [1.29, 1.82) is 0 Å². The predicted octanol–water partition coefficient (Wildman–Crippen LogP) is -1.54. The SMILES string of the molecule is CC(C)C[C@H](NC(=O)[C@H]1CCCN1C(=O)[C@H](C)N)C(=O)NCC(N)=O. The van der Waals surface area contributed by atoms with Gasteiger partial charge in [-0.05, 0) is 32.1 Å². The van der Waals surface area contributed by atoms with Gasteiger partial charge in [-0.1, -0.05) is 13.8 Å². The molecule has 0 aliphatic carbocycles. The number of nitrogens with one attached hydrogen (secondary N) is 2. The first-order valence-corrected chi connectivity index (χ1v) is 8.56. The van der Waals surface area contributed by atoms with Crippen molar-refractivity contribution in [3.05, 3.63) is 0 Å². The minimum absolute atomic E-state index is 0.148. The Morgan fingerprint density at radius 2 is 1.84 bits per heavy atom. The quantitative estimate of drug-likeness (QED) is 0.416. The van der Waals surface area contributed by atoms with Crippen LogP contribution in [-0.2, 0) is 19.2 Å². The molecule has 1 rings (SSSR count). The molecule has 0 unspecified atom stereocenters. The maximum atomic E-state index is 12.6. The number of primary amides is 1. The van der Waals surface area contributed by atoms with Crippen LogP contribution in [0.15, 0.2) is 0 Å². The zero-order chi connectivity index (χ0) is 19.1. The minimum atomic E-state index is -0.792. The Balaban J connectivity index is 2.77. The third-order valence-electron chi connectivity index (χ3n) is 4.00. The Bertz CT molecular complexity index is 521. The van der Waals surface area contributed by atoms with E-state index >= 15 is 0 Å². The first-order chi connectivity index (χ1) is 11.6. The number of nitrogens with two attached hydrogens (primary N) is 2. The fourth-order valence-electron chi connectivity index (χ4n) is 2.83. The summed E-state index contributed by atoms with van der Waals surface area (Å²) in [6.07, 6.45) is 1.64. The van der Waals surface area contributed by atoms with Gasteiger partial charge >= 0.3 is 0 Å². The zero-order valence-corrected chi connectivity index (χ0v) is 15.1. The lowest BCUT2D eigenvalue weighted by atomic mass is 10.0. The molecule has 1 aliphatic rings.